The molecule has 3 rings (SSSR count). The van der Waals surface area contributed by atoms with E-state index in [1.54, 1.807) is 24.3 Å². The molecule has 27 heavy (non-hydrogen) atoms. The fraction of sp³-hybridized carbons (Fsp3) is 0.211. The van der Waals surface area contributed by atoms with Gasteiger partial charge in [0.05, 0.1) is 6.54 Å². The number of hydrogen-bond donors (Lipinski definition) is 2. The summed E-state index contributed by atoms with van der Waals surface area (Å²) in [6, 6.07) is 14.6. The number of aryl methyl sites for hydroxylation is 1. The van der Waals surface area contributed by atoms with Gasteiger partial charge < -0.3 is 4.90 Å². The number of benzene rings is 2. The third-order valence-corrected chi connectivity index (χ3v) is 5.32. The van der Waals surface area contributed by atoms with E-state index in [4.69, 9.17) is 11.6 Å². The summed E-state index contributed by atoms with van der Waals surface area (Å²) in [4.78, 5) is 16.2. The van der Waals surface area contributed by atoms with Crippen LogP contribution in [0.4, 0.5) is 5.69 Å². The predicted octanol–water partition coefficient (Wildman–Crippen LogP) is 2.71. The smallest absolute Gasteiger partial charge is 0.254 e. The molecule has 8 heteroatoms. The van der Waals surface area contributed by atoms with E-state index in [2.05, 4.69) is 10.3 Å². The Labute approximate surface area is 163 Å². The fourth-order valence-corrected chi connectivity index (χ4v) is 3.68. The number of nitrogens with one attached hydrogen (secondary N) is 2. The van der Waals surface area contributed by atoms with Crippen LogP contribution in [-0.2, 0) is 21.2 Å². The lowest BCUT2D eigenvalue weighted by Crippen LogP contribution is -2.46. The van der Waals surface area contributed by atoms with E-state index >= 15 is 0 Å². The minimum Gasteiger partial charge on any atom is -0.362 e. The maximum Gasteiger partial charge on any atom is 0.254 e. The van der Waals surface area contributed by atoms with Crippen LogP contribution in [0.15, 0.2) is 53.9 Å². The molecule has 0 atom stereocenters. The number of carbonyl (C=O) groups excluding carboxylic acids is 1. The summed E-state index contributed by atoms with van der Waals surface area (Å²) in [7, 11) is -3.80. The number of amides is 1. The van der Waals surface area contributed by atoms with Crippen LogP contribution in [0.1, 0.15) is 17.5 Å². The van der Waals surface area contributed by atoms with Gasteiger partial charge in [0, 0.05) is 22.7 Å². The highest BCUT2D eigenvalue weighted by Gasteiger charge is 2.19. The molecule has 2 aromatic carbocycles. The fourth-order valence-electron chi connectivity index (χ4n) is 2.89. The van der Waals surface area contributed by atoms with Crippen LogP contribution < -0.4 is 15.2 Å². The molecule has 0 saturated heterocycles. The van der Waals surface area contributed by atoms with E-state index in [9.17, 15) is 13.2 Å². The molecule has 1 amide bonds. The van der Waals surface area contributed by atoms with E-state index in [-0.39, 0.29) is 6.54 Å². The highest BCUT2D eigenvalue weighted by molar-refractivity contribution is 7.92. The molecule has 0 aromatic heterocycles. The molecule has 1 aliphatic rings. The highest BCUT2D eigenvalue weighted by atomic mass is 35.5. The van der Waals surface area contributed by atoms with Gasteiger partial charge in [-0.25, -0.2) is 8.42 Å². The van der Waals surface area contributed by atoms with Gasteiger partial charge in [-0.05, 0) is 48.2 Å². The van der Waals surface area contributed by atoms with Crippen molar-refractivity contribution in [2.24, 2.45) is 0 Å². The molecule has 2 N–H and O–H groups in total. The Bertz CT molecular complexity index is 943. The number of fused-ring (bicyclic) bond motifs is 1. The Kier molecular flexibility index (Phi) is 6.15. The number of anilines is 1. The van der Waals surface area contributed by atoms with Gasteiger partial charge in [-0.15, -0.1) is 4.83 Å². The average Bonchev–Trinajstić information content (AvgIpc) is 2.66. The minimum absolute atomic E-state index is 0.0838. The van der Waals surface area contributed by atoms with Crippen molar-refractivity contribution in [3.05, 3.63) is 70.1 Å². The standard InChI is InChI=1S/C19H20ClN3O3S/c20-17-9-7-15(8-10-17)11-13-27(25,26)22-21-19(24)14-23-12-3-5-16-4-1-2-6-18(16)23/h1-2,4,6-11,13,22H,3,5,12,14H2,(H,21,24)/b13-11+. The van der Waals surface area contributed by atoms with Gasteiger partial charge >= 0.3 is 0 Å². The van der Waals surface area contributed by atoms with E-state index in [1.165, 1.54) is 11.6 Å². The first kappa shape index (κ1) is 19.4. The highest BCUT2D eigenvalue weighted by Crippen LogP contribution is 2.26. The number of sulfonamides is 1. The number of carbonyl (C=O) groups is 1. The van der Waals surface area contributed by atoms with Crippen LogP contribution in [0.25, 0.3) is 6.08 Å². The van der Waals surface area contributed by atoms with E-state index in [0.29, 0.717) is 10.6 Å². The number of rotatable bonds is 6. The Morgan fingerprint density at radius 1 is 1.15 bits per heavy atom. The monoisotopic (exact) mass is 405 g/mol. The van der Waals surface area contributed by atoms with Crippen molar-refractivity contribution in [3.63, 3.8) is 0 Å². The zero-order valence-corrected chi connectivity index (χ0v) is 16.1. The summed E-state index contributed by atoms with van der Waals surface area (Å²) in [6.45, 7) is 0.841. The number of halogens is 1. The summed E-state index contributed by atoms with van der Waals surface area (Å²) in [5.41, 5.74) is 5.15. The second-order valence-electron chi connectivity index (χ2n) is 6.20. The maximum absolute atomic E-state index is 12.2. The summed E-state index contributed by atoms with van der Waals surface area (Å²) < 4.78 is 24.0. The van der Waals surface area contributed by atoms with Crippen LogP contribution in [0.3, 0.4) is 0 Å². The van der Waals surface area contributed by atoms with Gasteiger partial charge in [0.1, 0.15) is 0 Å². The van der Waals surface area contributed by atoms with Crippen molar-refractivity contribution >= 4 is 39.3 Å². The molecule has 6 nitrogen and oxygen atoms in total. The molecule has 1 heterocycles. The summed E-state index contributed by atoms with van der Waals surface area (Å²) in [6.07, 6.45) is 3.36. The van der Waals surface area contributed by atoms with Crippen molar-refractivity contribution in [3.8, 4) is 0 Å². The summed E-state index contributed by atoms with van der Waals surface area (Å²) in [5.74, 6) is -0.421. The largest absolute Gasteiger partial charge is 0.362 e. The first-order valence-corrected chi connectivity index (χ1v) is 10.4. The van der Waals surface area contributed by atoms with Crippen LogP contribution in [0, 0.1) is 0 Å². The van der Waals surface area contributed by atoms with Gasteiger partial charge in [-0.3, -0.25) is 10.2 Å². The van der Waals surface area contributed by atoms with Crippen LogP contribution in [0.2, 0.25) is 5.02 Å². The first-order valence-electron chi connectivity index (χ1n) is 8.50. The lowest BCUT2D eigenvalue weighted by atomic mass is 10.0. The molecule has 0 fully saturated rings. The third kappa shape index (κ3) is 5.56. The minimum atomic E-state index is -3.80. The molecule has 1 aliphatic heterocycles. The molecule has 0 bridgehead atoms. The SMILES string of the molecule is O=C(CN1CCCc2ccccc21)NNS(=O)(=O)/C=C/c1ccc(Cl)cc1. The van der Waals surface area contributed by atoms with Crippen molar-refractivity contribution in [2.45, 2.75) is 12.8 Å². The first-order chi connectivity index (χ1) is 12.9. The molecule has 0 spiro atoms. The molecule has 0 aliphatic carbocycles. The molecule has 0 radical (unpaired) electrons. The maximum atomic E-state index is 12.2. The van der Waals surface area contributed by atoms with Crippen molar-refractivity contribution < 1.29 is 13.2 Å². The Morgan fingerprint density at radius 2 is 1.89 bits per heavy atom. The number of hydrogen-bond acceptors (Lipinski definition) is 4. The van der Waals surface area contributed by atoms with Gasteiger partial charge in [0.25, 0.3) is 15.9 Å². The van der Waals surface area contributed by atoms with Gasteiger partial charge in [-0.2, -0.15) is 0 Å². The van der Waals surface area contributed by atoms with Crippen molar-refractivity contribution in [2.75, 3.05) is 18.0 Å². The lowest BCUT2D eigenvalue weighted by molar-refractivity contribution is -0.120. The van der Waals surface area contributed by atoms with Gasteiger partial charge in [-0.1, -0.05) is 41.9 Å². The Morgan fingerprint density at radius 3 is 2.67 bits per heavy atom. The summed E-state index contributed by atoms with van der Waals surface area (Å²) >= 11 is 5.79. The van der Waals surface area contributed by atoms with Gasteiger partial charge in [0.2, 0.25) is 0 Å². The molecule has 142 valence electrons. The lowest BCUT2D eigenvalue weighted by Gasteiger charge is -2.30. The zero-order chi connectivity index (χ0) is 19.3. The predicted molar refractivity (Wildman–Crippen MR) is 108 cm³/mol. The topological polar surface area (TPSA) is 78.5 Å². The van der Waals surface area contributed by atoms with E-state index in [1.807, 2.05) is 29.2 Å². The van der Waals surface area contributed by atoms with Crippen LogP contribution in [0.5, 0.6) is 0 Å². The van der Waals surface area contributed by atoms with E-state index in [0.717, 1.165) is 30.5 Å². The average molecular weight is 406 g/mol. The molecule has 0 unspecified atom stereocenters. The molecule has 2 aromatic rings. The molecule has 0 saturated carbocycles. The second-order valence-corrected chi connectivity index (χ2v) is 8.21. The van der Waals surface area contributed by atoms with Crippen molar-refractivity contribution in [1.29, 1.82) is 0 Å². The number of para-hydroxylation sites is 1. The van der Waals surface area contributed by atoms with E-state index < -0.39 is 15.9 Å². The molecular weight excluding hydrogens is 386 g/mol. The summed E-state index contributed by atoms with van der Waals surface area (Å²) in [5, 5.41) is 1.56. The Balaban J connectivity index is 1.55. The zero-order valence-electron chi connectivity index (χ0n) is 14.6. The van der Waals surface area contributed by atoms with Crippen LogP contribution in [-0.4, -0.2) is 27.4 Å². The number of nitrogens with zero attached hydrogens (tertiary/aromatic N) is 1. The third-order valence-electron chi connectivity index (χ3n) is 4.18. The van der Waals surface area contributed by atoms with Crippen molar-refractivity contribution in [1.82, 2.24) is 10.3 Å². The molecular formula is C19H20ClN3O3S. The second kappa shape index (κ2) is 8.56. The van der Waals surface area contributed by atoms with Gasteiger partial charge in [0.15, 0.2) is 0 Å². The normalized spacial score (nSPS) is 14.2. The quantitative estimate of drug-likeness (QED) is 0.724. The number of hydrazine groups is 1. The Hall–Kier alpha value is -2.35. The van der Waals surface area contributed by atoms with Crippen LogP contribution >= 0.6 is 11.6 Å².